The lowest BCUT2D eigenvalue weighted by molar-refractivity contribution is -0.385. The van der Waals surface area contributed by atoms with Gasteiger partial charge in [-0.25, -0.2) is 0 Å². The normalized spacial score (nSPS) is 9.93. The summed E-state index contributed by atoms with van der Waals surface area (Å²) in [5.41, 5.74) is 5.84. The summed E-state index contributed by atoms with van der Waals surface area (Å²) in [5, 5.41) is 10.7. The van der Waals surface area contributed by atoms with Gasteiger partial charge in [0.05, 0.1) is 23.7 Å². The maximum absolute atomic E-state index is 10.7. The van der Waals surface area contributed by atoms with Crippen LogP contribution in [0.2, 0.25) is 0 Å². The molecular formula is C8H9BrN2O3. The first-order valence-electron chi connectivity index (χ1n) is 3.81. The Morgan fingerprint density at radius 2 is 2.29 bits per heavy atom. The fraction of sp³-hybridized carbons (Fsp3) is 0.250. The summed E-state index contributed by atoms with van der Waals surface area (Å²) in [6, 6.07) is 3.00. The highest BCUT2D eigenvalue weighted by Gasteiger charge is 2.17. The molecule has 0 saturated heterocycles. The lowest BCUT2D eigenvalue weighted by Crippen LogP contribution is -2.03. The second kappa shape index (κ2) is 4.39. The van der Waals surface area contributed by atoms with Gasteiger partial charge in [0, 0.05) is 11.0 Å². The molecule has 0 fully saturated rings. The zero-order valence-electron chi connectivity index (χ0n) is 7.49. The smallest absolute Gasteiger partial charge is 0.278 e. The summed E-state index contributed by atoms with van der Waals surface area (Å²) in [5.74, 6) is 0.431. The van der Waals surface area contributed by atoms with Crippen LogP contribution in [0, 0.1) is 10.1 Å². The molecule has 0 unspecified atom stereocenters. The molecule has 76 valence electrons. The fourth-order valence-electron chi connectivity index (χ4n) is 1.08. The van der Waals surface area contributed by atoms with Gasteiger partial charge in [-0.1, -0.05) is 15.9 Å². The number of hydrogen-bond acceptors (Lipinski definition) is 4. The zero-order chi connectivity index (χ0) is 10.7. The van der Waals surface area contributed by atoms with E-state index < -0.39 is 4.92 Å². The van der Waals surface area contributed by atoms with Crippen LogP contribution in [-0.2, 0) is 6.54 Å². The summed E-state index contributed by atoms with van der Waals surface area (Å²) >= 11 is 3.20. The molecular weight excluding hydrogens is 252 g/mol. The minimum absolute atomic E-state index is 0.0290. The first-order chi connectivity index (χ1) is 6.60. The Balaban J connectivity index is 3.35. The quantitative estimate of drug-likeness (QED) is 0.664. The van der Waals surface area contributed by atoms with Crippen LogP contribution in [-0.4, -0.2) is 12.0 Å². The molecule has 0 amide bonds. The molecule has 5 nitrogen and oxygen atoms in total. The topological polar surface area (TPSA) is 78.4 Å². The summed E-state index contributed by atoms with van der Waals surface area (Å²) in [7, 11) is 1.45. The van der Waals surface area contributed by atoms with Gasteiger partial charge in [0.15, 0.2) is 0 Å². The van der Waals surface area contributed by atoms with Crippen LogP contribution in [0.4, 0.5) is 5.69 Å². The van der Waals surface area contributed by atoms with Crippen molar-refractivity contribution in [3.63, 3.8) is 0 Å². The average molecular weight is 261 g/mol. The highest BCUT2D eigenvalue weighted by atomic mass is 79.9. The Morgan fingerprint density at radius 3 is 2.71 bits per heavy atom. The van der Waals surface area contributed by atoms with Crippen LogP contribution in [0.5, 0.6) is 5.75 Å². The molecule has 6 heteroatoms. The number of halogens is 1. The van der Waals surface area contributed by atoms with Crippen LogP contribution < -0.4 is 10.5 Å². The highest BCUT2D eigenvalue weighted by Crippen LogP contribution is 2.31. The minimum Gasteiger partial charge on any atom is -0.496 e. The van der Waals surface area contributed by atoms with Crippen LogP contribution in [0.1, 0.15) is 5.56 Å². The van der Waals surface area contributed by atoms with Crippen molar-refractivity contribution in [3.05, 3.63) is 32.3 Å². The van der Waals surface area contributed by atoms with Crippen molar-refractivity contribution in [2.75, 3.05) is 7.11 Å². The lowest BCUT2D eigenvalue weighted by Gasteiger charge is -2.05. The molecule has 0 saturated carbocycles. The van der Waals surface area contributed by atoms with E-state index in [0.717, 1.165) is 0 Å². The van der Waals surface area contributed by atoms with E-state index in [0.29, 0.717) is 15.8 Å². The van der Waals surface area contributed by atoms with Crippen LogP contribution >= 0.6 is 15.9 Å². The van der Waals surface area contributed by atoms with E-state index in [1.807, 2.05) is 0 Å². The molecule has 0 radical (unpaired) electrons. The molecule has 14 heavy (non-hydrogen) atoms. The molecule has 0 aliphatic rings. The number of hydrogen-bond donors (Lipinski definition) is 1. The van der Waals surface area contributed by atoms with Crippen LogP contribution in [0.15, 0.2) is 16.6 Å². The third-order valence-electron chi connectivity index (χ3n) is 1.78. The van der Waals surface area contributed by atoms with Gasteiger partial charge >= 0.3 is 0 Å². The van der Waals surface area contributed by atoms with Crippen LogP contribution in [0.3, 0.4) is 0 Å². The molecule has 1 aromatic carbocycles. The minimum atomic E-state index is -0.477. The largest absolute Gasteiger partial charge is 0.496 e. The third-order valence-corrected chi connectivity index (χ3v) is 2.49. The van der Waals surface area contributed by atoms with E-state index in [9.17, 15) is 10.1 Å². The van der Waals surface area contributed by atoms with Crippen molar-refractivity contribution in [3.8, 4) is 5.75 Å². The highest BCUT2D eigenvalue weighted by molar-refractivity contribution is 9.10. The second-order valence-corrected chi connectivity index (χ2v) is 3.42. The predicted octanol–water partition coefficient (Wildman–Crippen LogP) is 1.82. The van der Waals surface area contributed by atoms with Gasteiger partial charge in [0.25, 0.3) is 5.69 Å². The molecule has 0 atom stereocenters. The molecule has 0 aliphatic carbocycles. The number of ether oxygens (including phenoxy) is 1. The van der Waals surface area contributed by atoms with E-state index in [2.05, 4.69) is 15.9 Å². The number of nitrogens with two attached hydrogens (primary N) is 1. The Hall–Kier alpha value is -1.14. The Bertz CT molecular complexity index is 368. The van der Waals surface area contributed by atoms with E-state index in [-0.39, 0.29) is 12.2 Å². The molecule has 0 aliphatic heterocycles. The maximum atomic E-state index is 10.7. The summed E-state index contributed by atoms with van der Waals surface area (Å²) < 4.78 is 5.50. The SMILES string of the molecule is COc1cc(Br)c(CN)c([N+](=O)[O-])c1. The van der Waals surface area contributed by atoms with E-state index in [4.69, 9.17) is 10.5 Å². The van der Waals surface area contributed by atoms with Crippen molar-refractivity contribution < 1.29 is 9.66 Å². The number of methoxy groups -OCH3 is 1. The third kappa shape index (κ3) is 2.02. The van der Waals surface area contributed by atoms with Gasteiger partial charge < -0.3 is 10.5 Å². The van der Waals surface area contributed by atoms with Crippen molar-refractivity contribution in [1.82, 2.24) is 0 Å². The number of nitrogens with zero attached hydrogens (tertiary/aromatic N) is 1. The van der Waals surface area contributed by atoms with Gasteiger partial charge in [0.2, 0.25) is 0 Å². The summed E-state index contributed by atoms with van der Waals surface area (Å²) in [6.07, 6.45) is 0. The summed E-state index contributed by atoms with van der Waals surface area (Å²) in [4.78, 5) is 10.2. The van der Waals surface area contributed by atoms with E-state index >= 15 is 0 Å². The maximum Gasteiger partial charge on any atom is 0.278 e. The fourth-order valence-corrected chi connectivity index (χ4v) is 1.67. The molecule has 0 bridgehead atoms. The number of nitro groups is 1. The van der Waals surface area contributed by atoms with E-state index in [1.54, 1.807) is 6.07 Å². The summed E-state index contributed by atoms with van der Waals surface area (Å²) in [6.45, 7) is 0.112. The monoisotopic (exact) mass is 260 g/mol. The average Bonchev–Trinajstić information content (AvgIpc) is 2.16. The van der Waals surface area contributed by atoms with Crippen molar-refractivity contribution in [2.45, 2.75) is 6.54 Å². The molecule has 0 aromatic heterocycles. The first kappa shape index (κ1) is 10.9. The first-order valence-corrected chi connectivity index (χ1v) is 4.60. The van der Waals surface area contributed by atoms with Gasteiger partial charge in [0.1, 0.15) is 5.75 Å². The van der Waals surface area contributed by atoms with Crippen molar-refractivity contribution >= 4 is 21.6 Å². The van der Waals surface area contributed by atoms with Gasteiger partial charge in [-0.2, -0.15) is 0 Å². The van der Waals surface area contributed by atoms with E-state index in [1.165, 1.54) is 13.2 Å². The van der Waals surface area contributed by atoms with Crippen molar-refractivity contribution in [1.29, 1.82) is 0 Å². The van der Waals surface area contributed by atoms with Gasteiger partial charge in [-0.05, 0) is 6.07 Å². The van der Waals surface area contributed by atoms with Gasteiger partial charge in [-0.15, -0.1) is 0 Å². The lowest BCUT2D eigenvalue weighted by atomic mass is 10.2. The predicted molar refractivity (Wildman–Crippen MR) is 55.2 cm³/mol. The number of nitro benzene ring substituents is 1. The molecule has 0 heterocycles. The molecule has 1 rings (SSSR count). The van der Waals surface area contributed by atoms with Crippen LogP contribution in [0.25, 0.3) is 0 Å². The number of rotatable bonds is 3. The molecule has 2 N–H and O–H groups in total. The van der Waals surface area contributed by atoms with Crippen molar-refractivity contribution in [2.24, 2.45) is 5.73 Å². The number of benzene rings is 1. The second-order valence-electron chi connectivity index (χ2n) is 2.57. The Morgan fingerprint density at radius 1 is 1.64 bits per heavy atom. The standard InChI is InChI=1S/C8H9BrN2O3/c1-14-5-2-7(9)6(4-10)8(3-5)11(12)13/h2-3H,4,10H2,1H3. The molecule has 0 spiro atoms. The zero-order valence-corrected chi connectivity index (χ0v) is 9.08. The molecule has 1 aromatic rings. The van der Waals surface area contributed by atoms with Gasteiger partial charge in [-0.3, -0.25) is 10.1 Å². The Kier molecular flexibility index (Phi) is 3.43. The Labute approximate surface area is 89.1 Å².